The molecule has 0 aliphatic heterocycles. The van der Waals surface area contributed by atoms with Crippen LogP contribution in [0.4, 0.5) is 0 Å². The van der Waals surface area contributed by atoms with E-state index in [-0.39, 0.29) is 19.1 Å². The van der Waals surface area contributed by atoms with E-state index < -0.39 is 5.97 Å². The van der Waals surface area contributed by atoms with Crippen LogP contribution in [-0.2, 0) is 16.1 Å². The summed E-state index contributed by atoms with van der Waals surface area (Å²) in [5.41, 5.74) is 2.91. The molecular formula is C20H18Cl2N2O3S. The van der Waals surface area contributed by atoms with Gasteiger partial charge in [0.1, 0.15) is 6.54 Å². The Hall–Kier alpha value is -2.15. The SMILES string of the molecule is CCOC(=O)Cn1c(=NC(=O)c2cc(C)ccc2C)sc2cc(Cl)cc(Cl)c21. The summed E-state index contributed by atoms with van der Waals surface area (Å²) in [6.07, 6.45) is 0. The molecule has 1 amide bonds. The second-order valence-electron chi connectivity index (χ2n) is 6.25. The lowest BCUT2D eigenvalue weighted by Gasteiger charge is -2.07. The molecule has 8 heteroatoms. The minimum atomic E-state index is -0.436. The van der Waals surface area contributed by atoms with Crippen LogP contribution in [0, 0.1) is 13.8 Å². The number of carbonyl (C=O) groups is 2. The number of amides is 1. The molecule has 0 saturated carbocycles. The summed E-state index contributed by atoms with van der Waals surface area (Å²) in [4.78, 5) is 29.6. The van der Waals surface area contributed by atoms with Gasteiger partial charge in [-0.1, -0.05) is 52.2 Å². The predicted molar refractivity (Wildman–Crippen MR) is 112 cm³/mol. The van der Waals surface area contributed by atoms with Crippen LogP contribution < -0.4 is 4.80 Å². The molecule has 146 valence electrons. The maximum Gasteiger partial charge on any atom is 0.326 e. The Balaban J connectivity index is 2.19. The van der Waals surface area contributed by atoms with Crippen molar-refractivity contribution in [3.05, 3.63) is 61.9 Å². The summed E-state index contributed by atoms with van der Waals surface area (Å²) >= 11 is 13.7. The van der Waals surface area contributed by atoms with E-state index >= 15 is 0 Å². The number of aryl methyl sites for hydroxylation is 2. The molecule has 0 unspecified atom stereocenters. The van der Waals surface area contributed by atoms with E-state index in [1.54, 1.807) is 29.7 Å². The van der Waals surface area contributed by atoms with E-state index in [9.17, 15) is 9.59 Å². The number of halogens is 2. The number of fused-ring (bicyclic) bond motifs is 1. The largest absolute Gasteiger partial charge is 0.465 e. The third kappa shape index (κ3) is 4.29. The van der Waals surface area contributed by atoms with Gasteiger partial charge in [-0.25, -0.2) is 0 Å². The lowest BCUT2D eigenvalue weighted by atomic mass is 10.1. The zero-order valence-corrected chi connectivity index (χ0v) is 17.9. The van der Waals surface area contributed by atoms with Crippen LogP contribution in [0.3, 0.4) is 0 Å². The van der Waals surface area contributed by atoms with Crippen molar-refractivity contribution >= 4 is 56.6 Å². The molecule has 0 saturated heterocycles. The number of rotatable bonds is 4. The highest BCUT2D eigenvalue weighted by Gasteiger charge is 2.16. The first-order chi connectivity index (χ1) is 13.3. The van der Waals surface area contributed by atoms with Crippen LogP contribution in [-0.4, -0.2) is 23.1 Å². The molecule has 1 heterocycles. The molecule has 0 aliphatic carbocycles. The molecule has 0 aliphatic rings. The average molecular weight is 437 g/mol. The van der Waals surface area contributed by atoms with Gasteiger partial charge in [-0.3, -0.25) is 9.59 Å². The summed E-state index contributed by atoms with van der Waals surface area (Å²) in [5.74, 6) is -0.818. The lowest BCUT2D eigenvalue weighted by molar-refractivity contribution is -0.143. The van der Waals surface area contributed by atoms with Gasteiger partial charge in [-0.2, -0.15) is 4.99 Å². The Kier molecular flexibility index (Phi) is 6.23. The van der Waals surface area contributed by atoms with Gasteiger partial charge in [0.25, 0.3) is 5.91 Å². The molecule has 0 radical (unpaired) electrons. The highest BCUT2D eigenvalue weighted by atomic mass is 35.5. The van der Waals surface area contributed by atoms with Crippen LogP contribution in [0.15, 0.2) is 35.3 Å². The van der Waals surface area contributed by atoms with E-state index in [4.69, 9.17) is 27.9 Å². The molecule has 0 N–H and O–H groups in total. The fourth-order valence-corrected chi connectivity index (χ4v) is 4.62. The Labute approximate surface area is 176 Å². The summed E-state index contributed by atoms with van der Waals surface area (Å²) in [6, 6.07) is 8.95. The summed E-state index contributed by atoms with van der Waals surface area (Å²) < 4.78 is 7.38. The van der Waals surface area contributed by atoms with E-state index in [0.717, 1.165) is 15.8 Å². The van der Waals surface area contributed by atoms with Crippen molar-refractivity contribution in [2.75, 3.05) is 6.61 Å². The molecule has 0 fully saturated rings. The first kappa shape index (κ1) is 20.6. The molecule has 3 rings (SSSR count). The van der Waals surface area contributed by atoms with Gasteiger partial charge in [0.2, 0.25) is 0 Å². The van der Waals surface area contributed by atoms with E-state index in [2.05, 4.69) is 4.99 Å². The number of carbonyl (C=O) groups excluding carboxylic acids is 2. The fraction of sp³-hybridized carbons (Fsp3) is 0.250. The molecule has 1 aromatic heterocycles. The Morgan fingerprint density at radius 1 is 1.18 bits per heavy atom. The van der Waals surface area contributed by atoms with Gasteiger partial charge < -0.3 is 9.30 Å². The summed E-state index contributed by atoms with van der Waals surface area (Å²) in [6.45, 7) is 5.66. The summed E-state index contributed by atoms with van der Waals surface area (Å²) in [7, 11) is 0. The van der Waals surface area contributed by atoms with Crippen molar-refractivity contribution in [1.82, 2.24) is 4.57 Å². The maximum atomic E-state index is 12.8. The van der Waals surface area contributed by atoms with Gasteiger partial charge in [0.15, 0.2) is 4.80 Å². The molecule has 0 atom stereocenters. The Morgan fingerprint density at radius 3 is 2.64 bits per heavy atom. The number of benzene rings is 2. The van der Waals surface area contributed by atoms with Crippen molar-refractivity contribution in [3.8, 4) is 0 Å². The normalized spacial score (nSPS) is 11.8. The quantitative estimate of drug-likeness (QED) is 0.544. The number of esters is 1. The smallest absolute Gasteiger partial charge is 0.326 e. The van der Waals surface area contributed by atoms with Crippen LogP contribution in [0.2, 0.25) is 10.0 Å². The second-order valence-corrected chi connectivity index (χ2v) is 8.10. The van der Waals surface area contributed by atoms with Crippen molar-refractivity contribution in [3.63, 3.8) is 0 Å². The lowest BCUT2D eigenvalue weighted by Crippen LogP contribution is -2.23. The second kappa shape index (κ2) is 8.47. The standard InChI is InChI=1S/C20H18Cl2N2O3S/c1-4-27-17(25)10-24-18-15(22)8-13(21)9-16(18)28-20(24)23-19(26)14-7-11(2)5-6-12(14)3/h5-9H,4,10H2,1-3H3. The molecule has 3 aromatic rings. The van der Waals surface area contributed by atoms with E-state index in [1.165, 1.54) is 11.3 Å². The molecule has 0 spiro atoms. The maximum absolute atomic E-state index is 12.8. The van der Waals surface area contributed by atoms with Crippen LogP contribution in [0.1, 0.15) is 28.4 Å². The van der Waals surface area contributed by atoms with Crippen LogP contribution >= 0.6 is 34.5 Å². The van der Waals surface area contributed by atoms with Crippen LogP contribution in [0.25, 0.3) is 10.2 Å². The van der Waals surface area contributed by atoms with Gasteiger partial charge in [0.05, 0.1) is 21.8 Å². The van der Waals surface area contributed by atoms with Crippen molar-refractivity contribution in [1.29, 1.82) is 0 Å². The van der Waals surface area contributed by atoms with Gasteiger partial charge in [-0.15, -0.1) is 0 Å². The fourth-order valence-electron chi connectivity index (χ4n) is 2.81. The molecule has 0 bridgehead atoms. The minimum absolute atomic E-state index is 0.103. The highest BCUT2D eigenvalue weighted by Crippen LogP contribution is 2.29. The third-order valence-electron chi connectivity index (χ3n) is 4.11. The zero-order chi connectivity index (χ0) is 20.4. The highest BCUT2D eigenvalue weighted by molar-refractivity contribution is 7.16. The topological polar surface area (TPSA) is 60.7 Å². The number of hydrogen-bond donors (Lipinski definition) is 0. The third-order valence-corrected chi connectivity index (χ3v) is 5.64. The summed E-state index contributed by atoms with van der Waals surface area (Å²) in [5, 5.41) is 0.845. The molecule has 2 aromatic carbocycles. The van der Waals surface area contributed by atoms with Gasteiger partial charge >= 0.3 is 5.97 Å². The number of nitrogens with zero attached hydrogens (tertiary/aromatic N) is 2. The molecule has 5 nitrogen and oxygen atoms in total. The van der Waals surface area contributed by atoms with Crippen LogP contribution in [0.5, 0.6) is 0 Å². The first-order valence-corrected chi connectivity index (χ1v) is 10.2. The van der Waals surface area contributed by atoms with E-state index in [1.807, 2.05) is 26.0 Å². The van der Waals surface area contributed by atoms with Crippen molar-refractivity contribution in [2.24, 2.45) is 4.99 Å². The Bertz CT molecular complexity index is 1150. The number of thiazole rings is 1. The minimum Gasteiger partial charge on any atom is -0.465 e. The first-order valence-electron chi connectivity index (χ1n) is 8.60. The number of ether oxygens (including phenoxy) is 1. The van der Waals surface area contributed by atoms with Crippen molar-refractivity contribution in [2.45, 2.75) is 27.3 Å². The zero-order valence-electron chi connectivity index (χ0n) is 15.6. The molecular weight excluding hydrogens is 419 g/mol. The number of hydrogen-bond acceptors (Lipinski definition) is 4. The van der Waals surface area contributed by atoms with Crippen molar-refractivity contribution < 1.29 is 14.3 Å². The Morgan fingerprint density at radius 2 is 1.93 bits per heavy atom. The predicted octanol–water partition coefficient (Wildman–Crippen LogP) is 4.93. The average Bonchev–Trinajstić information content (AvgIpc) is 2.94. The van der Waals surface area contributed by atoms with Gasteiger partial charge in [-0.05, 0) is 44.5 Å². The molecule has 28 heavy (non-hydrogen) atoms. The van der Waals surface area contributed by atoms with Gasteiger partial charge in [0, 0.05) is 10.6 Å². The monoisotopic (exact) mass is 436 g/mol. The van der Waals surface area contributed by atoms with E-state index in [0.29, 0.717) is 25.9 Å². The number of aromatic nitrogens is 1.